The van der Waals surface area contributed by atoms with Gasteiger partial charge < -0.3 is 10.1 Å². The number of benzene rings is 1. The van der Waals surface area contributed by atoms with Crippen LogP contribution in [0, 0.1) is 0 Å². The molecule has 1 aromatic carbocycles. The molecular formula is C11H12Cl2N2O3. The van der Waals surface area contributed by atoms with Crippen LogP contribution in [0.3, 0.4) is 0 Å². The topological polar surface area (TPSA) is 67.4 Å². The lowest BCUT2D eigenvalue weighted by atomic mass is 10.3. The van der Waals surface area contributed by atoms with Crippen molar-refractivity contribution < 1.29 is 14.3 Å². The van der Waals surface area contributed by atoms with Crippen LogP contribution in [0.2, 0.25) is 10.0 Å². The summed E-state index contributed by atoms with van der Waals surface area (Å²) in [4.78, 5) is 22.5. The summed E-state index contributed by atoms with van der Waals surface area (Å²) in [6.07, 6.45) is -0.860. The van der Waals surface area contributed by atoms with Crippen molar-refractivity contribution in [1.82, 2.24) is 10.6 Å². The van der Waals surface area contributed by atoms with Crippen LogP contribution in [0.15, 0.2) is 18.2 Å². The summed E-state index contributed by atoms with van der Waals surface area (Å²) >= 11 is 11.6. The number of ether oxygens (including phenoxy) is 1. The SMILES string of the molecule is CNC(=O)NC(=O)[C@H](C)Oc1ccc(Cl)cc1Cl. The highest BCUT2D eigenvalue weighted by Crippen LogP contribution is 2.28. The number of halogens is 2. The summed E-state index contributed by atoms with van der Waals surface area (Å²) in [5.74, 6) is -0.249. The third kappa shape index (κ3) is 4.09. The van der Waals surface area contributed by atoms with Gasteiger partial charge in [-0.1, -0.05) is 23.2 Å². The molecule has 0 fully saturated rings. The number of carbonyl (C=O) groups is 2. The molecule has 7 heteroatoms. The van der Waals surface area contributed by atoms with Gasteiger partial charge in [0.1, 0.15) is 5.75 Å². The van der Waals surface area contributed by atoms with E-state index in [-0.39, 0.29) is 0 Å². The van der Waals surface area contributed by atoms with E-state index in [2.05, 4.69) is 10.6 Å². The molecular weight excluding hydrogens is 279 g/mol. The molecule has 0 aliphatic rings. The van der Waals surface area contributed by atoms with Crippen LogP contribution in [0.1, 0.15) is 6.92 Å². The molecule has 3 amide bonds. The van der Waals surface area contributed by atoms with Crippen molar-refractivity contribution in [2.75, 3.05) is 7.05 Å². The average molecular weight is 291 g/mol. The van der Waals surface area contributed by atoms with Crippen molar-refractivity contribution in [2.45, 2.75) is 13.0 Å². The molecule has 0 saturated heterocycles. The summed E-state index contributed by atoms with van der Waals surface area (Å²) in [6.45, 7) is 1.50. The van der Waals surface area contributed by atoms with Crippen LogP contribution in [-0.2, 0) is 4.79 Å². The number of amides is 3. The first-order chi connectivity index (χ1) is 8.43. The van der Waals surface area contributed by atoms with Crippen molar-refractivity contribution in [3.05, 3.63) is 28.2 Å². The minimum atomic E-state index is -0.860. The summed E-state index contributed by atoms with van der Waals surface area (Å²) < 4.78 is 5.32. The molecule has 2 N–H and O–H groups in total. The van der Waals surface area contributed by atoms with Gasteiger partial charge in [0.05, 0.1) is 5.02 Å². The Bertz CT molecular complexity index is 466. The van der Waals surface area contributed by atoms with Crippen molar-refractivity contribution in [2.24, 2.45) is 0 Å². The first-order valence-electron chi connectivity index (χ1n) is 5.08. The van der Waals surface area contributed by atoms with E-state index in [4.69, 9.17) is 27.9 Å². The maximum atomic E-state index is 11.5. The lowest BCUT2D eigenvalue weighted by Gasteiger charge is -2.15. The number of carbonyl (C=O) groups excluding carboxylic acids is 2. The third-order valence-corrected chi connectivity index (χ3v) is 2.56. The van der Waals surface area contributed by atoms with Gasteiger partial charge in [0.2, 0.25) is 0 Å². The van der Waals surface area contributed by atoms with E-state index in [0.717, 1.165) is 0 Å². The molecule has 0 aliphatic carbocycles. The van der Waals surface area contributed by atoms with Crippen molar-refractivity contribution in [3.63, 3.8) is 0 Å². The van der Waals surface area contributed by atoms with Gasteiger partial charge in [-0.2, -0.15) is 0 Å². The highest BCUT2D eigenvalue weighted by atomic mass is 35.5. The molecule has 5 nitrogen and oxygen atoms in total. The van der Waals surface area contributed by atoms with Gasteiger partial charge in [-0.05, 0) is 25.1 Å². The van der Waals surface area contributed by atoms with Gasteiger partial charge in [0.15, 0.2) is 6.10 Å². The first-order valence-corrected chi connectivity index (χ1v) is 5.84. The Morgan fingerprint density at radius 1 is 1.33 bits per heavy atom. The Morgan fingerprint density at radius 2 is 2.00 bits per heavy atom. The number of nitrogens with one attached hydrogen (secondary N) is 2. The van der Waals surface area contributed by atoms with Crippen LogP contribution in [0.5, 0.6) is 5.75 Å². The molecule has 1 atom stereocenters. The van der Waals surface area contributed by atoms with Crippen LogP contribution in [-0.4, -0.2) is 25.1 Å². The van der Waals surface area contributed by atoms with Crippen molar-refractivity contribution >= 4 is 35.1 Å². The second-order valence-corrected chi connectivity index (χ2v) is 4.25. The molecule has 0 spiro atoms. The lowest BCUT2D eigenvalue weighted by molar-refractivity contribution is -0.126. The van der Waals surface area contributed by atoms with Crippen LogP contribution < -0.4 is 15.4 Å². The fourth-order valence-electron chi connectivity index (χ4n) is 1.09. The van der Waals surface area contributed by atoms with Crippen molar-refractivity contribution in [1.29, 1.82) is 0 Å². The fraction of sp³-hybridized carbons (Fsp3) is 0.273. The molecule has 0 radical (unpaired) electrons. The molecule has 0 saturated carbocycles. The summed E-state index contributed by atoms with van der Waals surface area (Å²) in [6, 6.07) is 4.04. The maximum absolute atomic E-state index is 11.5. The van der Waals surface area contributed by atoms with Crippen LogP contribution >= 0.6 is 23.2 Å². The molecule has 0 heterocycles. The van der Waals surface area contributed by atoms with Crippen molar-refractivity contribution in [3.8, 4) is 5.75 Å². The average Bonchev–Trinajstić information content (AvgIpc) is 2.32. The van der Waals surface area contributed by atoms with Gasteiger partial charge in [0, 0.05) is 12.1 Å². The maximum Gasteiger partial charge on any atom is 0.321 e. The molecule has 1 aromatic rings. The monoisotopic (exact) mass is 290 g/mol. The Labute approximate surface area is 114 Å². The van der Waals surface area contributed by atoms with E-state index in [1.165, 1.54) is 20.0 Å². The van der Waals surface area contributed by atoms with E-state index in [1.807, 2.05) is 0 Å². The van der Waals surface area contributed by atoms with E-state index >= 15 is 0 Å². The zero-order chi connectivity index (χ0) is 13.7. The normalized spacial score (nSPS) is 11.6. The van der Waals surface area contributed by atoms with Gasteiger partial charge in [-0.3, -0.25) is 10.1 Å². The largest absolute Gasteiger partial charge is 0.479 e. The van der Waals surface area contributed by atoms with E-state index in [0.29, 0.717) is 15.8 Å². The number of urea groups is 1. The molecule has 0 aromatic heterocycles. The predicted octanol–water partition coefficient (Wildman–Crippen LogP) is 2.22. The molecule has 18 heavy (non-hydrogen) atoms. The van der Waals surface area contributed by atoms with E-state index in [1.54, 1.807) is 12.1 Å². The molecule has 98 valence electrons. The minimum absolute atomic E-state index is 0.294. The third-order valence-electron chi connectivity index (χ3n) is 2.03. The lowest BCUT2D eigenvalue weighted by Crippen LogP contribution is -2.43. The Balaban J connectivity index is 2.66. The Kier molecular flexibility index (Phi) is 5.25. The first kappa shape index (κ1) is 14.6. The quantitative estimate of drug-likeness (QED) is 0.897. The highest BCUT2D eigenvalue weighted by Gasteiger charge is 2.17. The molecule has 0 bridgehead atoms. The number of hydrogen-bond donors (Lipinski definition) is 2. The number of imide groups is 1. The van der Waals surface area contributed by atoms with E-state index < -0.39 is 18.0 Å². The summed E-state index contributed by atoms with van der Waals surface area (Å²) in [7, 11) is 1.41. The Hall–Kier alpha value is -1.46. The summed E-state index contributed by atoms with van der Waals surface area (Å²) in [5.41, 5.74) is 0. The Morgan fingerprint density at radius 3 is 2.56 bits per heavy atom. The molecule has 0 unspecified atom stereocenters. The number of hydrogen-bond acceptors (Lipinski definition) is 3. The molecule has 0 aliphatic heterocycles. The van der Waals surface area contributed by atoms with Crippen LogP contribution in [0.4, 0.5) is 4.79 Å². The van der Waals surface area contributed by atoms with Gasteiger partial charge in [-0.25, -0.2) is 4.79 Å². The minimum Gasteiger partial charge on any atom is -0.479 e. The zero-order valence-electron chi connectivity index (χ0n) is 9.79. The highest BCUT2D eigenvalue weighted by molar-refractivity contribution is 6.35. The second kappa shape index (κ2) is 6.47. The zero-order valence-corrected chi connectivity index (χ0v) is 11.3. The standard InChI is InChI=1S/C11H12Cl2N2O3/c1-6(10(16)15-11(17)14-2)18-9-4-3-7(12)5-8(9)13/h3-6H,1-2H3,(H2,14,15,16,17)/t6-/m0/s1. The van der Waals surface area contributed by atoms with E-state index in [9.17, 15) is 9.59 Å². The smallest absolute Gasteiger partial charge is 0.321 e. The second-order valence-electron chi connectivity index (χ2n) is 3.40. The number of rotatable bonds is 3. The van der Waals surface area contributed by atoms with Gasteiger partial charge in [0.25, 0.3) is 5.91 Å². The van der Waals surface area contributed by atoms with Crippen LogP contribution in [0.25, 0.3) is 0 Å². The predicted molar refractivity (Wildman–Crippen MR) is 69.2 cm³/mol. The van der Waals surface area contributed by atoms with Gasteiger partial charge >= 0.3 is 6.03 Å². The summed E-state index contributed by atoms with van der Waals surface area (Å²) in [5, 5.41) is 5.12. The fourth-order valence-corrected chi connectivity index (χ4v) is 1.54. The van der Waals surface area contributed by atoms with Gasteiger partial charge in [-0.15, -0.1) is 0 Å². The molecule has 1 rings (SSSR count).